The summed E-state index contributed by atoms with van der Waals surface area (Å²) in [5.41, 5.74) is 10.8. The molecule has 0 aromatic heterocycles. The van der Waals surface area contributed by atoms with Crippen molar-refractivity contribution in [3.8, 4) is 45.3 Å². The summed E-state index contributed by atoms with van der Waals surface area (Å²) in [5, 5.41) is 3.59. The Labute approximate surface area is 279 Å². The van der Waals surface area contributed by atoms with Crippen molar-refractivity contribution < 1.29 is 38.9 Å². The first-order valence-electron chi connectivity index (χ1n) is 16.4. The molecule has 4 aromatic rings. The van der Waals surface area contributed by atoms with Crippen molar-refractivity contribution in [1.29, 1.82) is 0 Å². The third kappa shape index (κ3) is 4.54. The second kappa shape index (κ2) is 11.7. The summed E-state index contributed by atoms with van der Waals surface area (Å²) in [6.07, 6.45) is 5.33. The van der Waals surface area contributed by atoms with Gasteiger partial charge in [0, 0.05) is 0 Å². The number of hydrogen-bond acceptors (Lipinski definition) is 4. The molecule has 236 valence electrons. The number of rotatable bonds is 8. The van der Waals surface area contributed by atoms with E-state index in [9.17, 15) is 0 Å². The van der Waals surface area contributed by atoms with Gasteiger partial charge < -0.3 is 0 Å². The summed E-state index contributed by atoms with van der Waals surface area (Å²) in [5.74, 6) is 3.28. The van der Waals surface area contributed by atoms with Crippen molar-refractivity contribution >= 4 is 20.2 Å². The van der Waals surface area contributed by atoms with Crippen molar-refractivity contribution in [2.24, 2.45) is 0 Å². The zero-order chi connectivity index (χ0) is 32.4. The van der Waals surface area contributed by atoms with Gasteiger partial charge in [0.1, 0.15) is 0 Å². The summed E-state index contributed by atoms with van der Waals surface area (Å²) in [7, 11) is 4.89. The Kier molecular flexibility index (Phi) is 7.96. The van der Waals surface area contributed by atoms with Gasteiger partial charge in [-0.3, -0.25) is 0 Å². The van der Waals surface area contributed by atoms with Crippen molar-refractivity contribution in [2.45, 2.75) is 42.6 Å². The fourth-order valence-corrected chi connectivity index (χ4v) is 41.0. The minimum absolute atomic E-state index is 0.579. The summed E-state index contributed by atoms with van der Waals surface area (Å²) >= 11 is -3.18. The van der Waals surface area contributed by atoms with E-state index in [4.69, 9.17) is 18.9 Å². The average Bonchev–Trinajstić information content (AvgIpc) is 3.70. The third-order valence-corrected chi connectivity index (χ3v) is 34.0. The van der Waals surface area contributed by atoms with Crippen LogP contribution in [0.4, 0.5) is 0 Å². The van der Waals surface area contributed by atoms with Gasteiger partial charge in [-0.25, -0.2) is 0 Å². The molecule has 2 atom stereocenters. The van der Waals surface area contributed by atoms with Crippen LogP contribution in [0.1, 0.15) is 43.5 Å². The molecule has 0 radical (unpaired) electrons. The summed E-state index contributed by atoms with van der Waals surface area (Å²) in [4.78, 5) is 0. The first-order chi connectivity index (χ1) is 22.2. The van der Waals surface area contributed by atoms with Crippen LogP contribution in [0, 0.1) is 0 Å². The number of allylic oxidation sites excluding steroid dienone is 2. The van der Waals surface area contributed by atoms with E-state index < -0.39 is 28.0 Å². The molecule has 4 aromatic carbocycles. The van der Waals surface area contributed by atoms with Crippen LogP contribution in [0.25, 0.3) is 34.4 Å². The molecular weight excluding hydrogens is 751 g/mol. The molecule has 0 amide bonds. The van der Waals surface area contributed by atoms with E-state index in [0.717, 1.165) is 34.1 Å². The Morgan fingerprint density at radius 1 is 0.565 bits per heavy atom. The molecule has 7 rings (SSSR count). The topological polar surface area (TPSA) is 36.9 Å². The molecule has 0 saturated carbocycles. The predicted octanol–water partition coefficient (Wildman–Crippen LogP) is 10.5. The summed E-state index contributed by atoms with van der Waals surface area (Å²) in [6.45, 7) is 4.93. The van der Waals surface area contributed by atoms with Gasteiger partial charge in [0.05, 0.1) is 0 Å². The zero-order valence-electron chi connectivity index (χ0n) is 28.3. The fraction of sp³-hybridized carbons (Fsp3) is 0.300. The first kappa shape index (κ1) is 31.3. The zero-order valence-corrected chi connectivity index (χ0v) is 32.9. The second-order valence-electron chi connectivity index (χ2n) is 13.5. The number of hydrogen-bond donors (Lipinski definition) is 0. The molecule has 1 aliphatic heterocycles. The summed E-state index contributed by atoms with van der Waals surface area (Å²) in [6, 6.07) is 29.0. The Hall–Kier alpha value is -3.35. The van der Waals surface area contributed by atoms with E-state index in [2.05, 4.69) is 96.0 Å². The van der Waals surface area contributed by atoms with Crippen LogP contribution >= 0.6 is 0 Å². The predicted molar refractivity (Wildman–Crippen MR) is 190 cm³/mol. The molecule has 3 aliphatic rings. The number of fused-ring (bicyclic) bond motifs is 6. The van der Waals surface area contributed by atoms with E-state index in [1.54, 1.807) is 50.0 Å². The Morgan fingerprint density at radius 2 is 0.935 bits per heavy atom. The molecule has 0 bridgehead atoms. The Morgan fingerprint density at radius 3 is 1.26 bits per heavy atom. The van der Waals surface area contributed by atoms with Crippen LogP contribution in [0.3, 0.4) is 0 Å². The monoisotopic (exact) mass is 796 g/mol. The SMILES string of the molecule is CC[Si]1(CC)C2=Cc3c(-c4cc(OC)cc(OC)c4)cccc3[CH]2[Hf]([CH3])([CH3])[CH]2C1=Cc1c(-c3cc(OC)cc(OC)c3)cccc12. The summed E-state index contributed by atoms with van der Waals surface area (Å²) < 4.78 is 29.4. The molecule has 1 heterocycles. The van der Waals surface area contributed by atoms with Gasteiger partial charge in [0.25, 0.3) is 0 Å². The molecule has 1 fully saturated rings. The van der Waals surface area contributed by atoms with Crippen LogP contribution in [0.2, 0.25) is 21.4 Å². The molecule has 6 heteroatoms. The van der Waals surface area contributed by atoms with E-state index in [1.807, 2.05) is 12.1 Å². The first-order valence-corrected chi connectivity index (χ1v) is 30.2. The van der Waals surface area contributed by atoms with E-state index in [1.165, 1.54) is 34.3 Å². The van der Waals surface area contributed by atoms with Gasteiger partial charge in [-0.1, -0.05) is 0 Å². The molecule has 0 N–H and O–H groups in total. The Bertz CT molecular complexity index is 1740. The fourth-order valence-electron chi connectivity index (χ4n) is 9.07. The van der Waals surface area contributed by atoms with Crippen molar-refractivity contribution in [1.82, 2.24) is 0 Å². The quantitative estimate of drug-likeness (QED) is 0.167. The minimum atomic E-state index is -3.18. The maximum atomic E-state index is 5.69. The normalized spacial score (nSPS) is 19.7. The van der Waals surface area contributed by atoms with Crippen molar-refractivity contribution in [3.05, 3.63) is 105 Å². The molecule has 2 aliphatic carbocycles. The molecule has 1 saturated heterocycles. The molecule has 2 unspecified atom stereocenters. The van der Waals surface area contributed by atoms with Crippen LogP contribution in [0.15, 0.2) is 83.2 Å². The van der Waals surface area contributed by atoms with Crippen molar-refractivity contribution in [2.75, 3.05) is 28.4 Å². The van der Waals surface area contributed by atoms with Gasteiger partial charge in [-0.15, -0.1) is 0 Å². The van der Waals surface area contributed by atoms with Crippen LogP contribution in [-0.4, -0.2) is 36.5 Å². The van der Waals surface area contributed by atoms with E-state index >= 15 is 0 Å². The number of ether oxygens (including phenoxy) is 4. The molecule has 46 heavy (non-hydrogen) atoms. The molecular formula is C40H44HfO4Si. The van der Waals surface area contributed by atoms with E-state index in [-0.39, 0.29) is 0 Å². The van der Waals surface area contributed by atoms with Gasteiger partial charge in [-0.2, -0.15) is 0 Å². The number of methoxy groups -OCH3 is 4. The van der Waals surface area contributed by atoms with Gasteiger partial charge in [-0.05, 0) is 0 Å². The molecule has 0 spiro atoms. The average molecular weight is 795 g/mol. The van der Waals surface area contributed by atoms with E-state index in [0.29, 0.717) is 7.35 Å². The second-order valence-corrected chi connectivity index (χ2v) is 35.5. The third-order valence-electron chi connectivity index (χ3n) is 11.2. The van der Waals surface area contributed by atoms with Crippen molar-refractivity contribution in [3.63, 3.8) is 0 Å². The maximum absolute atomic E-state index is 5.69. The van der Waals surface area contributed by atoms with Gasteiger partial charge >= 0.3 is 281 Å². The van der Waals surface area contributed by atoms with Crippen LogP contribution in [-0.2, 0) is 20.0 Å². The van der Waals surface area contributed by atoms with Gasteiger partial charge in [0.2, 0.25) is 0 Å². The van der Waals surface area contributed by atoms with Gasteiger partial charge in [0.15, 0.2) is 0 Å². The number of benzene rings is 4. The Balaban J connectivity index is 1.44. The van der Waals surface area contributed by atoms with Crippen LogP contribution in [0.5, 0.6) is 23.0 Å². The standard InChI is InChI=1S/C38H38O4Si.2CH3.Hf/c1-7-43(8-2,33-19-25-11-9-13-35(37(25)23-33)27-15-29(39-3)21-30(16-27)40-4)34-20-26-12-10-14-36(38(26)24-34)28-17-31(41-5)22-32(18-28)42-6;;;/h9-24H,7-8H2,1-6H3;2*1H3;. The molecule has 4 nitrogen and oxygen atoms in total. The van der Waals surface area contributed by atoms with Crippen LogP contribution < -0.4 is 18.9 Å².